The van der Waals surface area contributed by atoms with E-state index in [0.717, 1.165) is 30.3 Å². The van der Waals surface area contributed by atoms with Crippen molar-refractivity contribution in [2.24, 2.45) is 5.73 Å². The minimum Gasteiger partial charge on any atom is -0.395 e. The molecule has 0 aromatic carbocycles. The maximum absolute atomic E-state index is 9.16. The van der Waals surface area contributed by atoms with Gasteiger partial charge >= 0.3 is 0 Å². The number of thiophene rings is 1. The standard InChI is InChI=1S/C14H14BrClN4OS2.2ClH/c15-12-9(3-7(17)6-21)23-14-8(4-10(16)20-13(12)14)19-5-11-18-1-2-22-11;;/h1-2,4,7,21H,3,5-6,17H2,(H,19,20);2*1H/t7-;;/m1../s1. The number of fused-ring (bicyclic) bond motifs is 1. The molecular weight excluding hydrogens is 491 g/mol. The van der Waals surface area contributed by atoms with Gasteiger partial charge in [0.1, 0.15) is 10.2 Å². The fourth-order valence-corrected chi connectivity index (χ4v) is 4.92. The Morgan fingerprint density at radius 2 is 2.16 bits per heavy atom. The monoisotopic (exact) mass is 504 g/mol. The average Bonchev–Trinajstić information content (AvgIpc) is 3.15. The predicted octanol–water partition coefficient (Wildman–Crippen LogP) is 4.49. The van der Waals surface area contributed by atoms with Crippen LogP contribution in [0, 0.1) is 0 Å². The SMILES string of the molecule is Cl.Cl.N[C@@H](CO)Cc1sc2c(NCc3nccs3)cc(Cl)nc2c1Br. The lowest BCUT2D eigenvalue weighted by Crippen LogP contribution is -2.26. The van der Waals surface area contributed by atoms with E-state index in [1.807, 2.05) is 11.4 Å². The Labute approximate surface area is 179 Å². The smallest absolute Gasteiger partial charge is 0.131 e. The maximum atomic E-state index is 9.16. The molecule has 3 aromatic rings. The van der Waals surface area contributed by atoms with Crippen LogP contribution in [0.15, 0.2) is 22.1 Å². The lowest BCUT2D eigenvalue weighted by molar-refractivity contribution is 0.265. The van der Waals surface area contributed by atoms with Crippen LogP contribution >= 0.6 is 75.0 Å². The van der Waals surface area contributed by atoms with Crippen LogP contribution in [0.2, 0.25) is 5.15 Å². The van der Waals surface area contributed by atoms with Gasteiger partial charge in [0.05, 0.1) is 33.5 Å². The summed E-state index contributed by atoms with van der Waals surface area (Å²) in [5.41, 5.74) is 7.58. The third kappa shape index (κ3) is 5.40. The second-order valence-corrected chi connectivity index (χ2v) is 8.20. The van der Waals surface area contributed by atoms with E-state index in [-0.39, 0.29) is 37.5 Å². The van der Waals surface area contributed by atoms with E-state index in [2.05, 4.69) is 31.2 Å². The number of aliphatic hydroxyl groups is 1. The molecule has 11 heteroatoms. The topological polar surface area (TPSA) is 84.1 Å². The maximum Gasteiger partial charge on any atom is 0.131 e. The van der Waals surface area contributed by atoms with E-state index < -0.39 is 0 Å². The summed E-state index contributed by atoms with van der Waals surface area (Å²) in [5, 5.41) is 15.9. The Kier molecular flexibility index (Phi) is 9.34. The van der Waals surface area contributed by atoms with Crippen LogP contribution in [0.5, 0.6) is 0 Å². The molecule has 0 saturated carbocycles. The van der Waals surface area contributed by atoms with E-state index in [1.54, 1.807) is 28.9 Å². The van der Waals surface area contributed by atoms with Crippen molar-refractivity contribution in [1.29, 1.82) is 0 Å². The van der Waals surface area contributed by atoms with Gasteiger partial charge in [-0.25, -0.2) is 9.97 Å². The van der Waals surface area contributed by atoms with Crippen molar-refractivity contribution in [2.75, 3.05) is 11.9 Å². The predicted molar refractivity (Wildman–Crippen MR) is 115 cm³/mol. The number of nitrogens with zero attached hydrogens (tertiary/aromatic N) is 2. The van der Waals surface area contributed by atoms with Gasteiger partial charge in [-0.3, -0.25) is 0 Å². The summed E-state index contributed by atoms with van der Waals surface area (Å²) in [5.74, 6) is 0. The first-order chi connectivity index (χ1) is 11.1. The Bertz CT molecular complexity index is 816. The molecule has 4 N–H and O–H groups in total. The fourth-order valence-electron chi connectivity index (χ4n) is 2.13. The second-order valence-electron chi connectivity index (χ2n) is 4.94. The third-order valence-electron chi connectivity index (χ3n) is 3.22. The molecule has 5 nitrogen and oxygen atoms in total. The van der Waals surface area contributed by atoms with Crippen molar-refractivity contribution >= 4 is 90.9 Å². The molecule has 1 atom stereocenters. The fraction of sp³-hybridized carbons (Fsp3) is 0.286. The van der Waals surface area contributed by atoms with Crippen LogP contribution in [-0.4, -0.2) is 27.7 Å². The van der Waals surface area contributed by atoms with E-state index in [1.165, 1.54) is 0 Å². The Hall–Kier alpha value is -0.190. The molecule has 0 unspecified atom stereocenters. The van der Waals surface area contributed by atoms with Gasteiger partial charge in [0, 0.05) is 35.0 Å². The molecule has 0 spiro atoms. The van der Waals surface area contributed by atoms with Gasteiger partial charge in [-0.15, -0.1) is 47.5 Å². The molecule has 0 aliphatic rings. The number of hydrogen-bond donors (Lipinski definition) is 3. The van der Waals surface area contributed by atoms with Crippen molar-refractivity contribution in [3.05, 3.63) is 37.2 Å². The van der Waals surface area contributed by atoms with E-state index in [0.29, 0.717) is 18.1 Å². The van der Waals surface area contributed by atoms with Crippen LogP contribution in [0.1, 0.15) is 9.88 Å². The molecule has 3 aromatic heterocycles. The molecule has 25 heavy (non-hydrogen) atoms. The van der Waals surface area contributed by atoms with Gasteiger partial charge in [0.15, 0.2) is 0 Å². The molecule has 0 saturated heterocycles. The van der Waals surface area contributed by atoms with Crippen LogP contribution < -0.4 is 11.1 Å². The Morgan fingerprint density at radius 1 is 1.40 bits per heavy atom. The summed E-state index contributed by atoms with van der Waals surface area (Å²) in [6.45, 7) is 0.581. The first kappa shape index (κ1) is 22.9. The molecular formula is C14H16BrCl3N4OS2. The number of rotatable bonds is 6. The highest BCUT2D eigenvalue weighted by molar-refractivity contribution is 9.10. The molecule has 0 bridgehead atoms. The Morgan fingerprint density at radius 3 is 2.80 bits per heavy atom. The molecule has 0 fully saturated rings. The van der Waals surface area contributed by atoms with E-state index >= 15 is 0 Å². The zero-order valence-corrected chi connectivity index (χ0v) is 18.3. The first-order valence-electron chi connectivity index (χ1n) is 6.84. The third-order valence-corrected chi connectivity index (χ3v) is 6.54. The molecule has 3 heterocycles. The number of nitrogens with one attached hydrogen (secondary N) is 1. The lowest BCUT2D eigenvalue weighted by Gasteiger charge is -2.06. The van der Waals surface area contributed by atoms with Gasteiger partial charge < -0.3 is 16.2 Å². The highest BCUT2D eigenvalue weighted by Gasteiger charge is 2.17. The lowest BCUT2D eigenvalue weighted by atomic mass is 10.2. The summed E-state index contributed by atoms with van der Waals surface area (Å²) >= 11 is 12.9. The van der Waals surface area contributed by atoms with E-state index in [4.69, 9.17) is 22.4 Å². The molecule has 138 valence electrons. The highest BCUT2D eigenvalue weighted by Crippen LogP contribution is 2.40. The van der Waals surface area contributed by atoms with Gasteiger partial charge in [-0.2, -0.15) is 0 Å². The number of nitrogens with two attached hydrogens (primary N) is 1. The molecule has 0 amide bonds. The summed E-state index contributed by atoms with van der Waals surface area (Å²) in [6, 6.07) is 1.53. The van der Waals surface area contributed by atoms with Crippen molar-refractivity contribution < 1.29 is 5.11 Å². The van der Waals surface area contributed by atoms with Gasteiger partial charge in [0.2, 0.25) is 0 Å². The number of pyridine rings is 1. The molecule has 0 aliphatic carbocycles. The van der Waals surface area contributed by atoms with Crippen LogP contribution in [0.3, 0.4) is 0 Å². The number of thiazole rings is 1. The van der Waals surface area contributed by atoms with Gasteiger partial charge in [-0.05, 0) is 15.9 Å². The minimum atomic E-state index is -0.290. The zero-order chi connectivity index (χ0) is 16.4. The molecule has 0 radical (unpaired) electrons. The first-order valence-corrected chi connectivity index (χ1v) is 9.71. The number of aliphatic hydroxyl groups excluding tert-OH is 1. The zero-order valence-electron chi connectivity index (χ0n) is 12.7. The van der Waals surface area contributed by atoms with Crippen LogP contribution in [0.25, 0.3) is 10.2 Å². The number of anilines is 1. The summed E-state index contributed by atoms with van der Waals surface area (Å²) in [4.78, 5) is 9.72. The van der Waals surface area contributed by atoms with Gasteiger partial charge in [-0.1, -0.05) is 11.6 Å². The minimum absolute atomic E-state index is 0. The average molecular weight is 507 g/mol. The van der Waals surface area contributed by atoms with E-state index in [9.17, 15) is 0 Å². The quantitative estimate of drug-likeness (QED) is 0.429. The number of hydrogen-bond acceptors (Lipinski definition) is 7. The van der Waals surface area contributed by atoms with Gasteiger partial charge in [0.25, 0.3) is 0 Å². The van der Waals surface area contributed by atoms with Crippen LogP contribution in [-0.2, 0) is 13.0 Å². The largest absolute Gasteiger partial charge is 0.395 e. The summed E-state index contributed by atoms with van der Waals surface area (Å²) < 4.78 is 1.90. The van der Waals surface area contributed by atoms with Crippen molar-refractivity contribution in [1.82, 2.24) is 9.97 Å². The number of halogens is 4. The summed E-state index contributed by atoms with van der Waals surface area (Å²) in [6.07, 6.45) is 2.37. The summed E-state index contributed by atoms with van der Waals surface area (Å²) in [7, 11) is 0. The van der Waals surface area contributed by atoms with Crippen LogP contribution in [0.4, 0.5) is 5.69 Å². The molecule has 3 rings (SSSR count). The molecule has 0 aliphatic heterocycles. The van der Waals surface area contributed by atoms with Crippen molar-refractivity contribution in [2.45, 2.75) is 19.0 Å². The van der Waals surface area contributed by atoms with Crippen molar-refractivity contribution in [3.63, 3.8) is 0 Å². The second kappa shape index (κ2) is 10.2. The normalized spacial score (nSPS) is 11.7. The highest BCUT2D eigenvalue weighted by atomic mass is 79.9. The number of aromatic nitrogens is 2. The Balaban J connectivity index is 0.00000156. The van der Waals surface area contributed by atoms with Crippen molar-refractivity contribution in [3.8, 4) is 0 Å².